The van der Waals surface area contributed by atoms with E-state index in [-0.39, 0.29) is 10.8 Å². The zero-order valence-corrected chi connectivity index (χ0v) is 10.3. The molecule has 0 N–H and O–H groups in total. The van der Waals surface area contributed by atoms with Gasteiger partial charge in [-0.15, -0.1) is 0 Å². The number of hydrogen-bond donors (Lipinski definition) is 0. The average Bonchev–Trinajstić information content (AvgIpc) is 2.15. The van der Waals surface area contributed by atoms with E-state index in [9.17, 15) is 4.79 Å². The van der Waals surface area contributed by atoms with Crippen LogP contribution in [0.3, 0.4) is 0 Å². The van der Waals surface area contributed by atoms with Crippen LogP contribution in [-0.4, -0.2) is 5.78 Å². The Labute approximate surface area is 92.9 Å². The van der Waals surface area contributed by atoms with Crippen LogP contribution in [-0.2, 0) is 4.79 Å². The van der Waals surface area contributed by atoms with Crippen LogP contribution in [0.4, 0.5) is 0 Å². The Balaban J connectivity index is 2.38. The highest BCUT2D eigenvalue weighted by Crippen LogP contribution is 2.54. The standard InChI is InChI=1S/C14H22O/c1-13(2)9-12(15)14(3,4)11-8-6-5-7-10(11)13/h5-6,10-11H,7-9H2,1-4H3. The molecule has 0 aromatic heterocycles. The molecule has 0 heterocycles. The number of carbonyl (C=O) groups excluding carboxylic acids is 1. The number of rotatable bonds is 0. The van der Waals surface area contributed by atoms with Gasteiger partial charge in [0.1, 0.15) is 5.78 Å². The maximum atomic E-state index is 12.2. The molecule has 2 aliphatic rings. The van der Waals surface area contributed by atoms with Crippen LogP contribution in [0, 0.1) is 22.7 Å². The third-order valence-electron chi connectivity index (χ3n) is 4.70. The van der Waals surface area contributed by atoms with E-state index >= 15 is 0 Å². The van der Waals surface area contributed by atoms with Crippen molar-refractivity contribution >= 4 is 5.78 Å². The van der Waals surface area contributed by atoms with Gasteiger partial charge in [0, 0.05) is 11.8 Å². The maximum Gasteiger partial charge on any atom is 0.139 e. The second-order valence-electron chi connectivity index (χ2n) is 6.47. The van der Waals surface area contributed by atoms with E-state index in [2.05, 4.69) is 39.8 Å². The summed E-state index contributed by atoms with van der Waals surface area (Å²) in [5, 5.41) is 0. The molecule has 1 heteroatoms. The molecule has 2 aliphatic carbocycles. The minimum absolute atomic E-state index is 0.106. The van der Waals surface area contributed by atoms with Gasteiger partial charge in [0.05, 0.1) is 0 Å². The lowest BCUT2D eigenvalue weighted by Gasteiger charge is -2.52. The van der Waals surface area contributed by atoms with Crippen LogP contribution in [0.1, 0.15) is 47.0 Å². The first-order chi connectivity index (χ1) is 6.86. The van der Waals surface area contributed by atoms with Crippen molar-refractivity contribution in [3.05, 3.63) is 12.2 Å². The summed E-state index contributed by atoms with van der Waals surface area (Å²) in [6.45, 7) is 8.80. The van der Waals surface area contributed by atoms with E-state index in [1.165, 1.54) is 0 Å². The van der Waals surface area contributed by atoms with E-state index < -0.39 is 0 Å². The molecule has 1 nitrogen and oxygen atoms in total. The van der Waals surface area contributed by atoms with Crippen LogP contribution in [0.15, 0.2) is 12.2 Å². The minimum atomic E-state index is -0.106. The first kappa shape index (κ1) is 10.9. The summed E-state index contributed by atoms with van der Waals surface area (Å²) in [6, 6.07) is 0. The van der Waals surface area contributed by atoms with Crippen molar-refractivity contribution < 1.29 is 4.79 Å². The summed E-state index contributed by atoms with van der Waals surface area (Å²) >= 11 is 0. The number of Topliss-reactive ketones (excluding diaryl/α,β-unsaturated/α-hetero) is 1. The van der Waals surface area contributed by atoms with Crippen LogP contribution in [0.5, 0.6) is 0 Å². The molecule has 2 unspecified atom stereocenters. The van der Waals surface area contributed by atoms with E-state index in [1.807, 2.05) is 0 Å². The first-order valence-electron chi connectivity index (χ1n) is 6.04. The molecule has 0 amide bonds. The van der Waals surface area contributed by atoms with Gasteiger partial charge in [-0.1, -0.05) is 39.8 Å². The van der Waals surface area contributed by atoms with Gasteiger partial charge < -0.3 is 0 Å². The molecule has 84 valence electrons. The molecule has 0 aromatic carbocycles. The molecule has 0 aliphatic heterocycles. The molecular formula is C14H22O. The van der Waals surface area contributed by atoms with E-state index in [0.717, 1.165) is 19.3 Å². The quantitative estimate of drug-likeness (QED) is 0.553. The number of hydrogen-bond acceptors (Lipinski definition) is 1. The fourth-order valence-electron chi connectivity index (χ4n) is 3.45. The third-order valence-corrected chi connectivity index (χ3v) is 4.70. The zero-order valence-electron chi connectivity index (χ0n) is 10.3. The molecule has 1 fully saturated rings. The van der Waals surface area contributed by atoms with E-state index in [4.69, 9.17) is 0 Å². The second-order valence-corrected chi connectivity index (χ2v) is 6.47. The van der Waals surface area contributed by atoms with Crippen LogP contribution < -0.4 is 0 Å². The van der Waals surface area contributed by atoms with Crippen molar-refractivity contribution in [3.63, 3.8) is 0 Å². The van der Waals surface area contributed by atoms with Gasteiger partial charge in [0.15, 0.2) is 0 Å². The highest BCUT2D eigenvalue weighted by Gasteiger charge is 2.51. The minimum Gasteiger partial charge on any atom is -0.299 e. The van der Waals surface area contributed by atoms with Crippen molar-refractivity contribution in [2.75, 3.05) is 0 Å². The Bertz CT molecular complexity index is 309. The van der Waals surface area contributed by atoms with E-state index in [0.29, 0.717) is 17.6 Å². The Morgan fingerprint density at radius 1 is 1.07 bits per heavy atom. The smallest absolute Gasteiger partial charge is 0.139 e. The lowest BCUT2D eigenvalue weighted by Crippen LogP contribution is -2.50. The predicted octanol–water partition coefficient (Wildman–Crippen LogP) is 3.59. The Hall–Kier alpha value is -0.590. The molecule has 0 saturated heterocycles. The summed E-state index contributed by atoms with van der Waals surface area (Å²) in [7, 11) is 0. The van der Waals surface area contributed by atoms with Gasteiger partial charge in [-0.05, 0) is 30.1 Å². The highest BCUT2D eigenvalue weighted by molar-refractivity contribution is 5.86. The number of carbonyl (C=O) groups is 1. The topological polar surface area (TPSA) is 17.1 Å². The summed E-state index contributed by atoms with van der Waals surface area (Å²) < 4.78 is 0. The van der Waals surface area contributed by atoms with Gasteiger partial charge in [0.25, 0.3) is 0 Å². The Morgan fingerprint density at radius 2 is 1.60 bits per heavy atom. The fourth-order valence-corrected chi connectivity index (χ4v) is 3.45. The summed E-state index contributed by atoms with van der Waals surface area (Å²) in [5.74, 6) is 1.71. The summed E-state index contributed by atoms with van der Waals surface area (Å²) in [6.07, 6.45) is 7.57. The summed E-state index contributed by atoms with van der Waals surface area (Å²) in [4.78, 5) is 12.2. The number of ketones is 1. The Kier molecular flexibility index (Phi) is 2.33. The lowest BCUT2D eigenvalue weighted by atomic mass is 9.51. The van der Waals surface area contributed by atoms with Gasteiger partial charge >= 0.3 is 0 Å². The fraction of sp³-hybridized carbons (Fsp3) is 0.786. The largest absolute Gasteiger partial charge is 0.299 e. The molecule has 2 atom stereocenters. The van der Waals surface area contributed by atoms with Gasteiger partial charge in [-0.2, -0.15) is 0 Å². The van der Waals surface area contributed by atoms with Gasteiger partial charge in [-0.25, -0.2) is 0 Å². The number of fused-ring (bicyclic) bond motifs is 1. The maximum absolute atomic E-state index is 12.2. The molecule has 1 saturated carbocycles. The normalized spacial score (nSPS) is 37.5. The molecule has 0 aromatic rings. The molecule has 0 spiro atoms. The SMILES string of the molecule is CC1(C)CC(=O)C(C)(C)C2CC=CCC21. The van der Waals surface area contributed by atoms with Gasteiger partial charge in [0.2, 0.25) is 0 Å². The monoisotopic (exact) mass is 206 g/mol. The highest BCUT2D eigenvalue weighted by atomic mass is 16.1. The second kappa shape index (κ2) is 3.20. The average molecular weight is 206 g/mol. The molecule has 2 rings (SSSR count). The van der Waals surface area contributed by atoms with Crippen LogP contribution in [0.2, 0.25) is 0 Å². The molecule has 0 radical (unpaired) electrons. The molecule has 0 bridgehead atoms. The molecular weight excluding hydrogens is 184 g/mol. The van der Waals surface area contributed by atoms with Gasteiger partial charge in [-0.3, -0.25) is 4.79 Å². The number of allylic oxidation sites excluding steroid dienone is 2. The zero-order chi connectivity index (χ0) is 11.3. The summed E-state index contributed by atoms with van der Waals surface area (Å²) in [5.41, 5.74) is 0.0903. The first-order valence-corrected chi connectivity index (χ1v) is 6.04. The van der Waals surface area contributed by atoms with Crippen molar-refractivity contribution in [1.82, 2.24) is 0 Å². The van der Waals surface area contributed by atoms with E-state index in [1.54, 1.807) is 0 Å². The predicted molar refractivity (Wildman–Crippen MR) is 62.5 cm³/mol. The third kappa shape index (κ3) is 1.56. The van der Waals surface area contributed by atoms with Crippen molar-refractivity contribution in [1.29, 1.82) is 0 Å². The lowest BCUT2D eigenvalue weighted by molar-refractivity contribution is -0.143. The van der Waals surface area contributed by atoms with Crippen LogP contribution >= 0.6 is 0 Å². The van der Waals surface area contributed by atoms with Crippen molar-refractivity contribution in [2.45, 2.75) is 47.0 Å². The van der Waals surface area contributed by atoms with Crippen molar-refractivity contribution in [2.24, 2.45) is 22.7 Å². The molecule has 15 heavy (non-hydrogen) atoms. The van der Waals surface area contributed by atoms with Crippen molar-refractivity contribution in [3.8, 4) is 0 Å². The van der Waals surface area contributed by atoms with Crippen LogP contribution in [0.25, 0.3) is 0 Å². The Morgan fingerprint density at radius 3 is 2.20 bits per heavy atom.